The quantitative estimate of drug-likeness (QED) is 0.136. The largest absolute Gasteiger partial charge is 0.462 e. The number of ketones is 1. The smallest absolute Gasteiger partial charge is 0.312 e. The fourth-order valence-electron chi connectivity index (χ4n) is 8.68. The van der Waals surface area contributed by atoms with Gasteiger partial charge in [0.15, 0.2) is 0 Å². The van der Waals surface area contributed by atoms with Crippen LogP contribution in [0.15, 0.2) is 36.4 Å². The minimum absolute atomic E-state index is 0.0620. The van der Waals surface area contributed by atoms with Crippen LogP contribution in [0.2, 0.25) is 0 Å². The molecule has 4 bridgehead atoms. The van der Waals surface area contributed by atoms with E-state index in [1.165, 1.54) is 19.3 Å². The molecule has 0 spiro atoms. The number of carbonyl (C=O) groups is 3. The van der Waals surface area contributed by atoms with Crippen LogP contribution in [0.25, 0.3) is 0 Å². The summed E-state index contributed by atoms with van der Waals surface area (Å²) >= 11 is 1.68. The lowest BCUT2D eigenvalue weighted by Gasteiger charge is -2.55. The van der Waals surface area contributed by atoms with Gasteiger partial charge in [0.05, 0.1) is 24.2 Å². The van der Waals surface area contributed by atoms with E-state index >= 15 is 0 Å². The summed E-state index contributed by atoms with van der Waals surface area (Å²) in [6.07, 6.45) is 11.0. The second-order valence-electron chi connectivity index (χ2n) is 13.9. The first-order valence-electron chi connectivity index (χ1n) is 16.8. The highest BCUT2D eigenvalue weighted by Gasteiger charge is 2.55. The SMILES string of the molecule is COCc1cccc(C[C@H](O)C=C[C@H]2[C@H](O)CC(=O)[C@@H]2CCSCCCC(=O)OCCOC(=O)C23CC4CC(CC(C4)C2)C3)c1. The van der Waals surface area contributed by atoms with Gasteiger partial charge in [0.25, 0.3) is 0 Å². The topological polar surface area (TPSA) is 119 Å². The van der Waals surface area contributed by atoms with Crippen molar-refractivity contribution in [3.8, 4) is 0 Å². The number of thioether (sulfide) groups is 1. The second-order valence-corrected chi connectivity index (χ2v) is 15.1. The number of Topliss-reactive ketones (excluding diaryl/α,β-unsaturated/α-hetero) is 1. The van der Waals surface area contributed by atoms with E-state index in [-0.39, 0.29) is 54.6 Å². The number of esters is 2. The van der Waals surface area contributed by atoms with Crippen LogP contribution in [-0.2, 0) is 41.6 Å². The van der Waals surface area contributed by atoms with Crippen molar-refractivity contribution in [3.63, 3.8) is 0 Å². The van der Waals surface area contributed by atoms with Crippen molar-refractivity contribution in [3.05, 3.63) is 47.5 Å². The molecule has 0 aliphatic heterocycles. The second kappa shape index (κ2) is 16.1. The molecule has 1 aromatic carbocycles. The Kier molecular flexibility index (Phi) is 12.2. The Labute approximate surface area is 271 Å². The van der Waals surface area contributed by atoms with Crippen LogP contribution in [-0.4, -0.2) is 72.0 Å². The van der Waals surface area contributed by atoms with Crippen molar-refractivity contribution in [2.24, 2.45) is 35.0 Å². The summed E-state index contributed by atoms with van der Waals surface area (Å²) in [5, 5.41) is 21.1. The predicted molar refractivity (Wildman–Crippen MR) is 172 cm³/mol. The zero-order valence-electron chi connectivity index (χ0n) is 26.6. The lowest BCUT2D eigenvalue weighted by molar-refractivity contribution is -0.174. The number of ether oxygens (including phenoxy) is 3. The normalized spacial score (nSPS) is 31.0. The van der Waals surface area contributed by atoms with Crippen LogP contribution in [0, 0.1) is 35.0 Å². The Balaban J connectivity index is 0.935. The molecule has 8 nitrogen and oxygen atoms in total. The highest BCUT2D eigenvalue weighted by atomic mass is 32.2. The summed E-state index contributed by atoms with van der Waals surface area (Å²) in [5.41, 5.74) is 1.76. The van der Waals surface area contributed by atoms with Gasteiger partial charge in [0.1, 0.15) is 19.0 Å². The van der Waals surface area contributed by atoms with Gasteiger partial charge in [-0.2, -0.15) is 11.8 Å². The van der Waals surface area contributed by atoms with Crippen LogP contribution in [0.1, 0.15) is 75.3 Å². The average molecular weight is 643 g/mol. The molecule has 45 heavy (non-hydrogen) atoms. The van der Waals surface area contributed by atoms with E-state index in [0.29, 0.717) is 50.0 Å². The molecular weight excluding hydrogens is 592 g/mol. The maximum atomic E-state index is 12.9. The van der Waals surface area contributed by atoms with Gasteiger partial charge in [0, 0.05) is 38.2 Å². The summed E-state index contributed by atoms with van der Waals surface area (Å²) < 4.78 is 16.1. The molecule has 2 N–H and O–H groups in total. The Morgan fingerprint density at radius 2 is 1.73 bits per heavy atom. The van der Waals surface area contributed by atoms with Gasteiger partial charge < -0.3 is 24.4 Å². The third kappa shape index (κ3) is 9.21. The van der Waals surface area contributed by atoms with E-state index in [1.54, 1.807) is 24.9 Å². The minimum atomic E-state index is -0.734. The van der Waals surface area contributed by atoms with E-state index in [1.807, 2.05) is 30.3 Å². The van der Waals surface area contributed by atoms with Gasteiger partial charge >= 0.3 is 11.9 Å². The van der Waals surface area contributed by atoms with Crippen LogP contribution in [0.5, 0.6) is 0 Å². The number of hydrogen-bond donors (Lipinski definition) is 2. The summed E-state index contributed by atoms with van der Waals surface area (Å²) in [6, 6.07) is 7.89. The van der Waals surface area contributed by atoms with E-state index in [0.717, 1.165) is 41.9 Å². The number of rotatable bonds is 17. The van der Waals surface area contributed by atoms with Crippen molar-refractivity contribution < 1.29 is 38.8 Å². The zero-order valence-corrected chi connectivity index (χ0v) is 27.4. The molecule has 5 aliphatic carbocycles. The zero-order chi connectivity index (χ0) is 31.8. The van der Waals surface area contributed by atoms with Crippen molar-refractivity contribution >= 4 is 29.5 Å². The Hall–Kier alpha value is -2.20. The van der Waals surface area contributed by atoms with Crippen LogP contribution < -0.4 is 0 Å². The van der Waals surface area contributed by atoms with Gasteiger partial charge in [0.2, 0.25) is 0 Å². The molecule has 6 rings (SSSR count). The summed E-state index contributed by atoms with van der Waals surface area (Å²) in [6.45, 7) is 0.733. The summed E-state index contributed by atoms with van der Waals surface area (Å²) in [7, 11) is 1.65. The molecule has 0 aromatic heterocycles. The first-order chi connectivity index (χ1) is 21.7. The van der Waals surface area contributed by atoms with Gasteiger partial charge in [-0.25, -0.2) is 0 Å². The molecular formula is C36H50O8S. The number of carbonyl (C=O) groups excluding carboxylic acids is 3. The van der Waals surface area contributed by atoms with E-state index in [4.69, 9.17) is 14.2 Å². The highest BCUT2D eigenvalue weighted by Crippen LogP contribution is 2.60. The molecule has 0 saturated heterocycles. The molecule has 4 atom stereocenters. The Bertz CT molecular complexity index is 1160. The average Bonchev–Trinajstić information content (AvgIpc) is 3.26. The van der Waals surface area contributed by atoms with Crippen molar-refractivity contribution in [1.29, 1.82) is 0 Å². The highest BCUT2D eigenvalue weighted by molar-refractivity contribution is 7.99. The fraction of sp³-hybridized carbons (Fsp3) is 0.694. The lowest BCUT2D eigenvalue weighted by Crippen LogP contribution is -2.50. The summed E-state index contributed by atoms with van der Waals surface area (Å²) in [4.78, 5) is 37.7. The molecule has 0 heterocycles. The lowest BCUT2D eigenvalue weighted by atomic mass is 9.49. The maximum Gasteiger partial charge on any atom is 0.312 e. The van der Waals surface area contributed by atoms with Gasteiger partial charge in [-0.1, -0.05) is 36.4 Å². The third-order valence-corrected chi connectivity index (χ3v) is 11.4. The van der Waals surface area contributed by atoms with E-state index in [9.17, 15) is 24.6 Å². The fourth-order valence-corrected chi connectivity index (χ4v) is 9.65. The number of aliphatic hydroxyl groups is 2. The van der Waals surface area contributed by atoms with Gasteiger partial charge in [-0.05, 0) is 91.8 Å². The Morgan fingerprint density at radius 1 is 1.04 bits per heavy atom. The third-order valence-electron chi connectivity index (χ3n) is 10.3. The molecule has 0 unspecified atom stereocenters. The minimum Gasteiger partial charge on any atom is -0.462 e. The molecule has 0 radical (unpaired) electrons. The van der Waals surface area contributed by atoms with Crippen molar-refractivity contribution in [2.45, 2.75) is 89.4 Å². The van der Waals surface area contributed by atoms with Crippen LogP contribution in [0.4, 0.5) is 0 Å². The van der Waals surface area contributed by atoms with Gasteiger partial charge in [-0.3, -0.25) is 14.4 Å². The van der Waals surface area contributed by atoms with Crippen LogP contribution in [0.3, 0.4) is 0 Å². The molecule has 9 heteroatoms. The molecule has 5 fully saturated rings. The number of hydrogen-bond acceptors (Lipinski definition) is 9. The maximum absolute atomic E-state index is 12.9. The van der Waals surface area contributed by atoms with Crippen molar-refractivity contribution in [1.82, 2.24) is 0 Å². The van der Waals surface area contributed by atoms with E-state index < -0.39 is 12.2 Å². The number of benzene rings is 1. The molecule has 248 valence electrons. The molecule has 1 aromatic rings. The first kappa shape index (κ1) is 34.1. The standard InChI is InChI=1S/C36H50O8S/c1-42-23-25-5-2-4-24(14-25)18-29(37)7-8-30-31(33(39)19-32(30)38)9-13-45-12-3-6-34(40)43-10-11-44-35(41)36-20-26-15-27(21-36)17-28(16-26)22-36/h2,4-5,7-8,14,26-32,37-38H,3,6,9-13,15-23H2,1H3/t26?,27?,28?,29-,30-,31-,32-,36?/m1/s1. The summed E-state index contributed by atoms with van der Waals surface area (Å²) in [5.74, 6) is 2.68. The predicted octanol–water partition coefficient (Wildman–Crippen LogP) is 5.07. The monoisotopic (exact) mass is 642 g/mol. The number of aliphatic hydroxyl groups excluding tert-OH is 2. The van der Waals surface area contributed by atoms with Gasteiger partial charge in [-0.15, -0.1) is 0 Å². The molecule has 5 saturated carbocycles. The number of methoxy groups -OCH3 is 1. The van der Waals surface area contributed by atoms with E-state index in [2.05, 4.69) is 0 Å². The Morgan fingerprint density at radius 3 is 2.44 bits per heavy atom. The van der Waals surface area contributed by atoms with Crippen molar-refractivity contribution in [2.75, 3.05) is 31.8 Å². The van der Waals surface area contributed by atoms with Crippen LogP contribution >= 0.6 is 11.8 Å². The molecule has 0 amide bonds. The molecule has 5 aliphatic rings. The first-order valence-corrected chi connectivity index (χ1v) is 17.9.